The highest BCUT2D eigenvalue weighted by Crippen LogP contribution is 2.23. The van der Waals surface area contributed by atoms with Crippen LogP contribution in [0.3, 0.4) is 0 Å². The van der Waals surface area contributed by atoms with Gasteiger partial charge < -0.3 is 9.64 Å². The fourth-order valence-corrected chi connectivity index (χ4v) is 2.66. The van der Waals surface area contributed by atoms with Crippen molar-refractivity contribution in [3.8, 4) is 0 Å². The van der Waals surface area contributed by atoms with Gasteiger partial charge in [0.05, 0.1) is 30.1 Å². The van der Waals surface area contributed by atoms with E-state index in [9.17, 15) is 13.2 Å². The van der Waals surface area contributed by atoms with Gasteiger partial charge in [-0.1, -0.05) is 11.6 Å². The molecule has 1 N–H and O–H groups in total. The molecular weight excluding hydrogens is 304 g/mol. The molecule has 1 saturated heterocycles. The van der Waals surface area contributed by atoms with Crippen LogP contribution in [-0.4, -0.2) is 51.8 Å². The van der Waals surface area contributed by atoms with Gasteiger partial charge in [0.1, 0.15) is 0 Å². The van der Waals surface area contributed by atoms with E-state index in [4.69, 9.17) is 16.3 Å². The molecule has 0 radical (unpaired) electrons. The van der Waals surface area contributed by atoms with Crippen molar-refractivity contribution in [1.29, 1.82) is 0 Å². The van der Waals surface area contributed by atoms with Gasteiger partial charge in [-0.15, -0.1) is 0 Å². The monoisotopic (exact) mass is 318 g/mol. The molecule has 0 aromatic heterocycles. The molecule has 0 atom stereocenters. The Balaban J connectivity index is 2.25. The molecule has 1 aliphatic rings. The van der Waals surface area contributed by atoms with Gasteiger partial charge >= 0.3 is 0 Å². The van der Waals surface area contributed by atoms with Crippen LogP contribution in [-0.2, 0) is 14.8 Å². The number of carbonyl (C=O) groups is 1. The molecular formula is C12H15ClN2O4S. The zero-order valence-corrected chi connectivity index (χ0v) is 12.5. The van der Waals surface area contributed by atoms with E-state index in [1.165, 1.54) is 18.2 Å². The average Bonchev–Trinajstić information content (AvgIpc) is 2.40. The lowest BCUT2D eigenvalue weighted by atomic mass is 10.1. The fraction of sp³-hybridized carbons (Fsp3) is 0.417. The van der Waals surface area contributed by atoms with Crippen LogP contribution in [0.2, 0.25) is 5.02 Å². The number of anilines is 1. The third kappa shape index (κ3) is 3.84. The number of ether oxygens (including phenoxy) is 1. The second kappa shape index (κ2) is 5.99. The third-order valence-corrected chi connectivity index (χ3v) is 3.73. The van der Waals surface area contributed by atoms with Gasteiger partial charge in [0.25, 0.3) is 5.91 Å². The lowest BCUT2D eigenvalue weighted by molar-refractivity contribution is 0.0303. The molecule has 0 spiro atoms. The molecule has 2 rings (SSSR count). The van der Waals surface area contributed by atoms with Crippen LogP contribution >= 0.6 is 11.6 Å². The summed E-state index contributed by atoms with van der Waals surface area (Å²) in [6, 6.07) is 4.46. The quantitative estimate of drug-likeness (QED) is 0.908. The first-order valence-corrected chi connectivity index (χ1v) is 8.28. The summed E-state index contributed by atoms with van der Waals surface area (Å²) < 4.78 is 29.9. The average molecular weight is 319 g/mol. The number of hydrogen-bond acceptors (Lipinski definition) is 4. The Kier molecular flexibility index (Phi) is 4.52. The van der Waals surface area contributed by atoms with Crippen molar-refractivity contribution in [3.63, 3.8) is 0 Å². The maximum Gasteiger partial charge on any atom is 0.255 e. The van der Waals surface area contributed by atoms with Gasteiger partial charge in [-0.2, -0.15) is 0 Å². The Hall–Kier alpha value is -1.31. The van der Waals surface area contributed by atoms with Gasteiger partial charge in [0, 0.05) is 18.8 Å². The van der Waals surface area contributed by atoms with Crippen LogP contribution in [0.25, 0.3) is 0 Å². The maximum absolute atomic E-state index is 12.3. The van der Waals surface area contributed by atoms with Crippen LogP contribution in [0, 0.1) is 0 Å². The molecule has 1 aromatic carbocycles. The van der Waals surface area contributed by atoms with Crippen molar-refractivity contribution in [3.05, 3.63) is 28.8 Å². The fourth-order valence-electron chi connectivity index (χ4n) is 1.90. The lowest BCUT2D eigenvalue weighted by Crippen LogP contribution is -2.40. The van der Waals surface area contributed by atoms with E-state index in [0.29, 0.717) is 37.0 Å². The second-order valence-corrected chi connectivity index (χ2v) is 6.63. The number of rotatable bonds is 3. The van der Waals surface area contributed by atoms with Crippen molar-refractivity contribution >= 4 is 33.2 Å². The number of amides is 1. The highest BCUT2D eigenvalue weighted by molar-refractivity contribution is 7.92. The van der Waals surface area contributed by atoms with Crippen LogP contribution in [0.15, 0.2) is 18.2 Å². The van der Waals surface area contributed by atoms with E-state index in [0.717, 1.165) is 6.26 Å². The Morgan fingerprint density at radius 2 is 2.00 bits per heavy atom. The van der Waals surface area contributed by atoms with Crippen LogP contribution in [0.1, 0.15) is 10.4 Å². The van der Waals surface area contributed by atoms with E-state index >= 15 is 0 Å². The van der Waals surface area contributed by atoms with Crippen molar-refractivity contribution in [2.75, 3.05) is 37.3 Å². The van der Waals surface area contributed by atoms with Crippen molar-refractivity contribution in [2.24, 2.45) is 0 Å². The Morgan fingerprint density at radius 3 is 2.60 bits per heavy atom. The van der Waals surface area contributed by atoms with E-state index in [1.54, 1.807) is 4.90 Å². The molecule has 0 saturated carbocycles. The number of benzene rings is 1. The largest absolute Gasteiger partial charge is 0.378 e. The molecule has 0 aliphatic carbocycles. The molecule has 8 heteroatoms. The Morgan fingerprint density at radius 1 is 1.35 bits per heavy atom. The highest BCUT2D eigenvalue weighted by atomic mass is 35.5. The summed E-state index contributed by atoms with van der Waals surface area (Å²) in [6.45, 7) is 1.98. The number of nitrogens with one attached hydrogen (secondary N) is 1. The first-order chi connectivity index (χ1) is 9.37. The second-order valence-electron chi connectivity index (χ2n) is 4.47. The predicted octanol–water partition coefficient (Wildman–Crippen LogP) is 1.18. The van der Waals surface area contributed by atoms with Gasteiger partial charge in [-0.05, 0) is 18.2 Å². The zero-order chi connectivity index (χ0) is 14.8. The highest BCUT2D eigenvalue weighted by Gasteiger charge is 2.21. The topological polar surface area (TPSA) is 75.7 Å². The minimum absolute atomic E-state index is 0.226. The summed E-state index contributed by atoms with van der Waals surface area (Å²) in [4.78, 5) is 14.0. The zero-order valence-electron chi connectivity index (χ0n) is 10.9. The van der Waals surface area contributed by atoms with Gasteiger partial charge in [-0.3, -0.25) is 9.52 Å². The summed E-state index contributed by atoms with van der Waals surface area (Å²) >= 11 is 6.03. The Labute approximate surface area is 122 Å². The minimum Gasteiger partial charge on any atom is -0.378 e. The standard InChI is InChI=1S/C12H15ClN2O4S/c1-20(17,18)14-9-2-3-11(13)10(8-9)12(16)15-4-6-19-7-5-15/h2-3,8,14H,4-7H2,1H3. The number of carbonyl (C=O) groups excluding carboxylic acids is 1. The van der Waals surface area contributed by atoms with Crippen LogP contribution in [0.4, 0.5) is 5.69 Å². The number of nitrogens with zero attached hydrogens (tertiary/aromatic N) is 1. The van der Waals surface area contributed by atoms with Crippen molar-refractivity contribution in [1.82, 2.24) is 4.90 Å². The van der Waals surface area contributed by atoms with Crippen LogP contribution in [0.5, 0.6) is 0 Å². The summed E-state index contributed by atoms with van der Waals surface area (Å²) in [5.74, 6) is -0.226. The molecule has 1 amide bonds. The summed E-state index contributed by atoms with van der Waals surface area (Å²) in [6.07, 6.45) is 1.05. The van der Waals surface area contributed by atoms with E-state index < -0.39 is 10.0 Å². The summed E-state index contributed by atoms with van der Waals surface area (Å²) in [7, 11) is -3.40. The van der Waals surface area contributed by atoms with Crippen molar-refractivity contribution < 1.29 is 17.9 Å². The first kappa shape index (κ1) is 15.1. The van der Waals surface area contributed by atoms with Gasteiger partial charge in [0.2, 0.25) is 10.0 Å². The minimum atomic E-state index is -3.40. The number of hydrogen-bond donors (Lipinski definition) is 1. The first-order valence-electron chi connectivity index (χ1n) is 6.01. The van der Waals surface area contributed by atoms with E-state index in [-0.39, 0.29) is 11.5 Å². The molecule has 1 fully saturated rings. The van der Waals surface area contributed by atoms with E-state index in [1.807, 2.05) is 0 Å². The normalized spacial score (nSPS) is 16.0. The summed E-state index contributed by atoms with van der Waals surface area (Å²) in [5, 5.41) is 0.292. The van der Waals surface area contributed by atoms with Crippen molar-refractivity contribution in [2.45, 2.75) is 0 Å². The summed E-state index contributed by atoms with van der Waals surface area (Å²) in [5.41, 5.74) is 0.593. The predicted molar refractivity (Wildman–Crippen MR) is 76.6 cm³/mol. The Bertz CT molecular complexity index is 612. The molecule has 20 heavy (non-hydrogen) atoms. The number of halogens is 1. The number of sulfonamides is 1. The molecule has 110 valence electrons. The third-order valence-electron chi connectivity index (χ3n) is 2.80. The lowest BCUT2D eigenvalue weighted by Gasteiger charge is -2.27. The molecule has 6 nitrogen and oxygen atoms in total. The van der Waals surface area contributed by atoms with Gasteiger partial charge in [-0.25, -0.2) is 8.42 Å². The smallest absolute Gasteiger partial charge is 0.255 e. The molecule has 1 aromatic rings. The molecule has 1 aliphatic heterocycles. The SMILES string of the molecule is CS(=O)(=O)Nc1ccc(Cl)c(C(=O)N2CCOCC2)c1. The molecule has 0 bridgehead atoms. The molecule has 1 heterocycles. The maximum atomic E-state index is 12.3. The van der Waals surface area contributed by atoms with Gasteiger partial charge in [0.15, 0.2) is 0 Å². The van der Waals surface area contributed by atoms with Crippen LogP contribution < -0.4 is 4.72 Å². The van der Waals surface area contributed by atoms with E-state index in [2.05, 4.69) is 4.72 Å². The number of morpholine rings is 1. The molecule has 0 unspecified atom stereocenters.